The molecular weight excluding hydrogens is 346 g/mol. The average molecular weight is 372 g/mol. The van der Waals surface area contributed by atoms with Crippen LogP contribution in [0.3, 0.4) is 0 Å². The zero-order chi connectivity index (χ0) is 18.5. The molecule has 2 aromatic rings. The van der Waals surface area contributed by atoms with Crippen molar-refractivity contribution in [2.24, 2.45) is 0 Å². The fraction of sp³-hybridized carbons (Fsp3) is 0.381. The summed E-state index contributed by atoms with van der Waals surface area (Å²) in [5.41, 5.74) is 2.30. The molecule has 4 nitrogen and oxygen atoms in total. The first-order chi connectivity index (χ1) is 12.5. The molecule has 3 rings (SSSR count). The molecule has 1 amide bonds. The maximum absolute atomic E-state index is 12.8. The molecule has 1 aliphatic heterocycles. The fourth-order valence-corrected chi connectivity index (χ4v) is 3.64. The zero-order valence-electron chi connectivity index (χ0n) is 15.4. The maximum Gasteiger partial charge on any atom is 0.239 e. The quantitative estimate of drug-likeness (QED) is 0.804. The summed E-state index contributed by atoms with van der Waals surface area (Å²) >= 11 is 6.10. The van der Waals surface area contributed by atoms with Crippen LogP contribution < -0.4 is 4.90 Å². The van der Waals surface area contributed by atoms with Crippen molar-refractivity contribution in [1.29, 1.82) is 0 Å². The third kappa shape index (κ3) is 4.57. The van der Waals surface area contributed by atoms with Gasteiger partial charge in [0, 0.05) is 50.5 Å². The van der Waals surface area contributed by atoms with Gasteiger partial charge < -0.3 is 9.80 Å². The van der Waals surface area contributed by atoms with Crippen molar-refractivity contribution in [2.45, 2.75) is 19.5 Å². The second-order valence-corrected chi connectivity index (χ2v) is 7.30. The largest absolute Gasteiger partial charge is 0.369 e. The number of amides is 1. The summed E-state index contributed by atoms with van der Waals surface area (Å²) in [6.45, 7) is 6.21. The van der Waals surface area contributed by atoms with E-state index < -0.39 is 0 Å². The van der Waals surface area contributed by atoms with Crippen LogP contribution >= 0.6 is 11.6 Å². The Balaban J connectivity index is 1.54. The van der Waals surface area contributed by atoms with Crippen molar-refractivity contribution < 1.29 is 4.79 Å². The van der Waals surface area contributed by atoms with E-state index in [9.17, 15) is 4.79 Å². The Labute approximate surface area is 161 Å². The normalized spacial score (nSPS) is 16.3. The molecule has 138 valence electrons. The number of nitrogens with zero attached hydrogens (tertiary/aromatic N) is 3. The van der Waals surface area contributed by atoms with E-state index in [-0.39, 0.29) is 11.9 Å². The lowest BCUT2D eigenvalue weighted by Gasteiger charge is -2.39. The predicted octanol–water partition coefficient (Wildman–Crippen LogP) is 3.51. The van der Waals surface area contributed by atoms with Gasteiger partial charge in [0.1, 0.15) is 0 Å². The lowest BCUT2D eigenvalue weighted by molar-refractivity contribution is -0.135. The minimum atomic E-state index is -0.106. The van der Waals surface area contributed by atoms with Gasteiger partial charge in [-0.2, -0.15) is 0 Å². The molecule has 0 bridgehead atoms. The van der Waals surface area contributed by atoms with Gasteiger partial charge >= 0.3 is 0 Å². The van der Waals surface area contributed by atoms with Crippen LogP contribution in [0, 0.1) is 0 Å². The molecule has 1 heterocycles. The number of rotatable bonds is 5. The second-order valence-electron chi connectivity index (χ2n) is 6.86. The first-order valence-electron chi connectivity index (χ1n) is 9.08. The van der Waals surface area contributed by atoms with Crippen LogP contribution in [0.4, 0.5) is 5.69 Å². The van der Waals surface area contributed by atoms with E-state index in [1.54, 1.807) is 0 Å². The van der Waals surface area contributed by atoms with E-state index in [1.807, 2.05) is 55.3 Å². The third-order valence-corrected chi connectivity index (χ3v) is 5.27. The molecule has 1 unspecified atom stereocenters. The highest BCUT2D eigenvalue weighted by molar-refractivity contribution is 6.30. The summed E-state index contributed by atoms with van der Waals surface area (Å²) in [6.07, 6.45) is 0. The van der Waals surface area contributed by atoms with E-state index in [4.69, 9.17) is 11.6 Å². The Hall–Kier alpha value is -2.04. The summed E-state index contributed by atoms with van der Waals surface area (Å²) in [7, 11) is 1.88. The van der Waals surface area contributed by atoms with Gasteiger partial charge in [0.2, 0.25) is 5.91 Å². The Morgan fingerprint density at radius 3 is 2.42 bits per heavy atom. The number of hydrogen-bond donors (Lipinski definition) is 0. The molecule has 0 aromatic heterocycles. The first-order valence-corrected chi connectivity index (χ1v) is 9.46. The molecule has 1 fully saturated rings. The predicted molar refractivity (Wildman–Crippen MR) is 108 cm³/mol. The molecular formula is C21H26ClN3O. The van der Waals surface area contributed by atoms with Crippen LogP contribution in [0.25, 0.3) is 0 Å². The standard InChI is InChI=1S/C21H26ClN3O/c1-17(21(26)23(2)16-18-7-4-3-5-8-18)24-11-13-25(14-12-24)20-10-6-9-19(22)15-20/h3-10,15,17H,11-14,16H2,1-2H3. The smallest absolute Gasteiger partial charge is 0.239 e. The van der Waals surface area contributed by atoms with Crippen molar-refractivity contribution in [2.75, 3.05) is 38.1 Å². The van der Waals surface area contributed by atoms with Crippen molar-refractivity contribution in [3.05, 3.63) is 65.2 Å². The first kappa shape index (κ1) is 18.7. The van der Waals surface area contributed by atoms with Gasteiger partial charge in [0.05, 0.1) is 6.04 Å². The number of halogens is 1. The maximum atomic E-state index is 12.8. The van der Waals surface area contributed by atoms with E-state index >= 15 is 0 Å². The summed E-state index contributed by atoms with van der Waals surface area (Å²) in [5.74, 6) is 0.171. The average Bonchev–Trinajstić information content (AvgIpc) is 2.67. The Morgan fingerprint density at radius 1 is 1.08 bits per heavy atom. The number of anilines is 1. The minimum Gasteiger partial charge on any atom is -0.369 e. The SMILES string of the molecule is CC(C(=O)N(C)Cc1ccccc1)N1CCN(c2cccc(Cl)c2)CC1. The lowest BCUT2D eigenvalue weighted by atomic mass is 10.1. The van der Waals surface area contributed by atoms with Crippen LogP contribution in [-0.2, 0) is 11.3 Å². The second kappa shape index (κ2) is 8.56. The molecule has 2 aromatic carbocycles. The molecule has 1 aliphatic rings. The number of piperazine rings is 1. The van der Waals surface area contributed by atoms with Gasteiger partial charge in [-0.05, 0) is 30.7 Å². The summed E-state index contributed by atoms with van der Waals surface area (Å²) in [4.78, 5) is 19.2. The highest BCUT2D eigenvalue weighted by Crippen LogP contribution is 2.21. The van der Waals surface area contributed by atoms with Crippen molar-refractivity contribution in [3.8, 4) is 0 Å². The molecule has 26 heavy (non-hydrogen) atoms. The number of carbonyl (C=O) groups excluding carboxylic acids is 1. The summed E-state index contributed by atoms with van der Waals surface area (Å²) in [6, 6.07) is 18.0. The Morgan fingerprint density at radius 2 is 1.77 bits per heavy atom. The van der Waals surface area contributed by atoms with Gasteiger partial charge in [-0.3, -0.25) is 9.69 Å². The zero-order valence-corrected chi connectivity index (χ0v) is 16.2. The highest BCUT2D eigenvalue weighted by Gasteiger charge is 2.27. The molecule has 0 radical (unpaired) electrons. The van der Waals surface area contributed by atoms with E-state index in [2.05, 4.69) is 28.0 Å². The number of benzene rings is 2. The van der Waals surface area contributed by atoms with Crippen LogP contribution in [0.1, 0.15) is 12.5 Å². The third-order valence-electron chi connectivity index (χ3n) is 5.03. The molecule has 0 spiro atoms. The number of hydrogen-bond acceptors (Lipinski definition) is 3. The van der Waals surface area contributed by atoms with Gasteiger partial charge in [-0.25, -0.2) is 0 Å². The monoisotopic (exact) mass is 371 g/mol. The van der Waals surface area contributed by atoms with E-state index in [0.29, 0.717) is 6.54 Å². The number of likely N-dealkylation sites (N-methyl/N-ethyl adjacent to an activating group) is 1. The van der Waals surface area contributed by atoms with Crippen LogP contribution in [0.5, 0.6) is 0 Å². The highest BCUT2D eigenvalue weighted by atomic mass is 35.5. The number of carbonyl (C=O) groups is 1. The van der Waals surface area contributed by atoms with Gasteiger partial charge in [0.15, 0.2) is 0 Å². The van der Waals surface area contributed by atoms with Gasteiger partial charge in [-0.15, -0.1) is 0 Å². The summed E-state index contributed by atoms with van der Waals surface area (Å²) < 4.78 is 0. The lowest BCUT2D eigenvalue weighted by Crippen LogP contribution is -2.54. The van der Waals surface area contributed by atoms with Crippen LogP contribution in [-0.4, -0.2) is 55.0 Å². The minimum absolute atomic E-state index is 0.106. The summed E-state index contributed by atoms with van der Waals surface area (Å²) in [5, 5.41) is 0.760. The van der Waals surface area contributed by atoms with Crippen molar-refractivity contribution >= 4 is 23.2 Å². The molecule has 0 aliphatic carbocycles. The topological polar surface area (TPSA) is 26.8 Å². The Kier molecular flexibility index (Phi) is 6.17. The van der Waals surface area contributed by atoms with Crippen molar-refractivity contribution in [3.63, 3.8) is 0 Å². The van der Waals surface area contributed by atoms with Crippen LogP contribution in [0.2, 0.25) is 5.02 Å². The van der Waals surface area contributed by atoms with Gasteiger partial charge in [0.25, 0.3) is 0 Å². The molecule has 1 atom stereocenters. The molecule has 1 saturated heterocycles. The van der Waals surface area contributed by atoms with Crippen LogP contribution in [0.15, 0.2) is 54.6 Å². The van der Waals surface area contributed by atoms with E-state index in [0.717, 1.165) is 42.5 Å². The fourth-order valence-electron chi connectivity index (χ4n) is 3.45. The molecule has 5 heteroatoms. The molecule has 0 N–H and O–H groups in total. The molecule has 0 saturated carbocycles. The van der Waals surface area contributed by atoms with E-state index in [1.165, 1.54) is 0 Å². The Bertz CT molecular complexity index is 729. The van der Waals surface area contributed by atoms with Crippen molar-refractivity contribution in [1.82, 2.24) is 9.80 Å². The van der Waals surface area contributed by atoms with Gasteiger partial charge in [-0.1, -0.05) is 48.0 Å².